The highest BCUT2D eigenvalue weighted by Crippen LogP contribution is 2.70. The van der Waals surface area contributed by atoms with E-state index < -0.39 is 28.8 Å². The minimum Gasteiger partial charge on any atom is -0.468 e. The Balaban J connectivity index is 1.78. The van der Waals surface area contributed by atoms with Gasteiger partial charge in [0.15, 0.2) is 5.78 Å². The average Bonchev–Trinajstić information content (AvgIpc) is 3.13. The molecule has 5 aliphatic carbocycles. The zero-order chi connectivity index (χ0) is 20.8. The van der Waals surface area contributed by atoms with Crippen LogP contribution in [-0.2, 0) is 19.1 Å². The molecule has 1 spiro atoms. The van der Waals surface area contributed by atoms with Gasteiger partial charge in [-0.05, 0) is 60.3 Å². The quantitative estimate of drug-likeness (QED) is 0.689. The summed E-state index contributed by atoms with van der Waals surface area (Å²) in [4.78, 5) is 38.3. The molecule has 0 aromatic rings. The lowest BCUT2D eigenvalue weighted by Gasteiger charge is -2.53. The molecule has 154 valence electrons. The van der Waals surface area contributed by atoms with Gasteiger partial charge in [-0.15, -0.1) is 0 Å². The van der Waals surface area contributed by atoms with Crippen LogP contribution in [0.25, 0.3) is 0 Å². The van der Waals surface area contributed by atoms with E-state index in [0.717, 1.165) is 42.4 Å². The van der Waals surface area contributed by atoms with Crippen molar-refractivity contribution >= 4 is 17.5 Å². The molecule has 0 radical (unpaired) electrons. The first kappa shape index (κ1) is 19.0. The molecule has 0 aliphatic heterocycles. The van der Waals surface area contributed by atoms with Gasteiger partial charge in [0.25, 0.3) is 0 Å². The Hall–Kier alpha value is -2.01. The molecule has 0 aromatic heterocycles. The van der Waals surface area contributed by atoms with Crippen molar-refractivity contribution in [3.05, 3.63) is 34.4 Å². The van der Waals surface area contributed by atoms with Gasteiger partial charge in [-0.1, -0.05) is 25.5 Å². The number of carbonyl (C=O) groups excluding carboxylic acids is 3. The number of fused-ring (bicyclic) bond motifs is 3. The molecule has 0 amide bonds. The third-order valence-corrected chi connectivity index (χ3v) is 8.88. The summed E-state index contributed by atoms with van der Waals surface area (Å²) in [6.07, 6.45) is 7.42. The zero-order valence-corrected chi connectivity index (χ0v) is 17.3. The SMILES string of the molecule is COC(=O)[C@H]1C2=C(CC[C@@]34C(=O)CC[C@]3(C)CC=C24)C2(C)CCC(=O)C=C2[C@@H]1O. The maximum Gasteiger partial charge on any atom is 0.316 e. The van der Waals surface area contributed by atoms with E-state index >= 15 is 0 Å². The van der Waals surface area contributed by atoms with Crippen molar-refractivity contribution in [1.82, 2.24) is 0 Å². The molecule has 5 atom stereocenters. The monoisotopic (exact) mass is 396 g/mol. The standard InChI is InChI=1S/C24H28O5/c1-22-8-5-15-18-14(6-11-24(15,22)17(26)7-9-22)23(2)10-4-13(25)12-16(23)20(27)19(18)21(28)29-3/h5,12,19-20,27H,4,6-11H2,1-3H3/t19-,20-,22-,23?,24+/m0/s1. The number of carbonyl (C=O) groups is 3. The molecule has 0 bridgehead atoms. The number of esters is 1. The summed E-state index contributed by atoms with van der Waals surface area (Å²) >= 11 is 0. The number of ether oxygens (including phenoxy) is 1. The lowest BCUT2D eigenvalue weighted by molar-refractivity contribution is -0.148. The van der Waals surface area contributed by atoms with Gasteiger partial charge in [0, 0.05) is 18.3 Å². The molecule has 29 heavy (non-hydrogen) atoms. The van der Waals surface area contributed by atoms with Gasteiger partial charge in [0.2, 0.25) is 0 Å². The van der Waals surface area contributed by atoms with E-state index in [0.29, 0.717) is 24.8 Å². The molecule has 1 saturated carbocycles. The first-order valence-corrected chi connectivity index (χ1v) is 10.7. The average molecular weight is 396 g/mol. The summed E-state index contributed by atoms with van der Waals surface area (Å²) in [6, 6.07) is 0. The van der Waals surface area contributed by atoms with E-state index in [1.807, 2.05) is 0 Å². The second-order valence-electron chi connectivity index (χ2n) is 9.95. The fourth-order valence-electron chi connectivity index (χ4n) is 7.23. The van der Waals surface area contributed by atoms with E-state index in [1.54, 1.807) is 6.08 Å². The first-order chi connectivity index (χ1) is 13.7. The molecule has 0 saturated heterocycles. The van der Waals surface area contributed by atoms with Crippen LogP contribution in [0.4, 0.5) is 0 Å². The van der Waals surface area contributed by atoms with Crippen LogP contribution < -0.4 is 0 Å². The van der Waals surface area contributed by atoms with Gasteiger partial charge in [-0.25, -0.2) is 0 Å². The Labute approximate surface area is 170 Å². The highest BCUT2D eigenvalue weighted by molar-refractivity contribution is 5.96. The molecular formula is C24H28O5. The Morgan fingerprint density at radius 2 is 1.90 bits per heavy atom. The number of Topliss-reactive ketones (excluding diaryl/α,β-unsaturated/α-hetero) is 1. The number of allylic oxidation sites excluding steroid dienone is 4. The molecular weight excluding hydrogens is 368 g/mol. The molecule has 5 nitrogen and oxygen atoms in total. The van der Waals surface area contributed by atoms with Gasteiger partial charge >= 0.3 is 5.97 Å². The number of aliphatic hydroxyl groups excluding tert-OH is 1. The number of rotatable bonds is 1. The maximum atomic E-state index is 13.2. The van der Waals surface area contributed by atoms with E-state index in [-0.39, 0.29) is 17.0 Å². The van der Waals surface area contributed by atoms with Crippen molar-refractivity contribution in [2.45, 2.75) is 64.9 Å². The molecule has 1 unspecified atom stereocenters. The van der Waals surface area contributed by atoms with E-state index in [4.69, 9.17) is 4.74 Å². The second-order valence-corrected chi connectivity index (χ2v) is 9.95. The third-order valence-electron chi connectivity index (χ3n) is 8.88. The van der Waals surface area contributed by atoms with Gasteiger partial charge < -0.3 is 9.84 Å². The zero-order valence-electron chi connectivity index (χ0n) is 17.3. The van der Waals surface area contributed by atoms with Crippen LogP contribution in [0.15, 0.2) is 34.4 Å². The van der Waals surface area contributed by atoms with Gasteiger partial charge in [0.1, 0.15) is 11.7 Å². The number of hydrogen-bond acceptors (Lipinski definition) is 5. The Bertz CT molecular complexity index is 952. The highest BCUT2D eigenvalue weighted by Gasteiger charge is 2.66. The van der Waals surface area contributed by atoms with Crippen molar-refractivity contribution in [2.24, 2.45) is 22.2 Å². The summed E-state index contributed by atoms with van der Waals surface area (Å²) in [5, 5.41) is 11.3. The van der Waals surface area contributed by atoms with Crippen LogP contribution in [0, 0.1) is 22.2 Å². The normalized spacial score (nSPS) is 43.2. The van der Waals surface area contributed by atoms with Gasteiger partial charge in [-0.2, -0.15) is 0 Å². The summed E-state index contributed by atoms with van der Waals surface area (Å²) in [6.45, 7) is 4.28. The van der Waals surface area contributed by atoms with E-state index in [2.05, 4.69) is 19.9 Å². The fourth-order valence-corrected chi connectivity index (χ4v) is 7.23. The highest BCUT2D eigenvalue weighted by atomic mass is 16.5. The Morgan fingerprint density at radius 3 is 2.62 bits per heavy atom. The van der Waals surface area contributed by atoms with E-state index in [9.17, 15) is 19.5 Å². The van der Waals surface area contributed by atoms with E-state index in [1.165, 1.54) is 7.11 Å². The van der Waals surface area contributed by atoms with Crippen molar-refractivity contribution in [1.29, 1.82) is 0 Å². The molecule has 5 heteroatoms. The van der Waals surface area contributed by atoms with Crippen LogP contribution in [0.2, 0.25) is 0 Å². The second kappa shape index (κ2) is 5.78. The van der Waals surface area contributed by atoms with Crippen molar-refractivity contribution in [2.75, 3.05) is 7.11 Å². The predicted molar refractivity (Wildman–Crippen MR) is 106 cm³/mol. The number of hydrogen-bond donors (Lipinski definition) is 1. The topological polar surface area (TPSA) is 80.7 Å². The number of aliphatic hydroxyl groups is 1. The molecule has 0 heterocycles. The summed E-state index contributed by atoms with van der Waals surface area (Å²) in [5.41, 5.74) is 2.47. The van der Waals surface area contributed by atoms with Crippen LogP contribution in [0.3, 0.4) is 0 Å². The molecule has 5 rings (SSSR count). The lowest BCUT2D eigenvalue weighted by Crippen LogP contribution is -2.51. The number of ketones is 2. The van der Waals surface area contributed by atoms with Crippen molar-refractivity contribution in [3.63, 3.8) is 0 Å². The van der Waals surface area contributed by atoms with Gasteiger partial charge in [-0.3, -0.25) is 14.4 Å². The van der Waals surface area contributed by atoms with Crippen LogP contribution in [0.1, 0.15) is 58.8 Å². The number of methoxy groups -OCH3 is 1. The minimum absolute atomic E-state index is 0.00454. The minimum atomic E-state index is -1.10. The lowest BCUT2D eigenvalue weighted by atomic mass is 9.50. The van der Waals surface area contributed by atoms with Crippen molar-refractivity contribution < 1.29 is 24.2 Å². The molecule has 5 aliphatic rings. The Kier molecular flexibility index (Phi) is 3.78. The first-order valence-electron chi connectivity index (χ1n) is 10.7. The summed E-state index contributed by atoms with van der Waals surface area (Å²) in [5.74, 6) is -1.10. The van der Waals surface area contributed by atoms with Crippen LogP contribution in [-0.4, -0.2) is 35.9 Å². The molecule has 1 N–H and O–H groups in total. The van der Waals surface area contributed by atoms with Crippen molar-refractivity contribution in [3.8, 4) is 0 Å². The Morgan fingerprint density at radius 1 is 1.14 bits per heavy atom. The summed E-state index contributed by atoms with van der Waals surface area (Å²) in [7, 11) is 1.33. The molecule has 1 fully saturated rings. The smallest absolute Gasteiger partial charge is 0.316 e. The summed E-state index contributed by atoms with van der Waals surface area (Å²) < 4.78 is 5.10. The van der Waals surface area contributed by atoms with Gasteiger partial charge in [0.05, 0.1) is 18.6 Å². The predicted octanol–water partition coefficient (Wildman–Crippen LogP) is 3.22. The fraction of sp³-hybridized carbons (Fsp3) is 0.625. The molecule has 0 aromatic carbocycles. The largest absolute Gasteiger partial charge is 0.468 e. The van der Waals surface area contributed by atoms with Crippen LogP contribution >= 0.6 is 0 Å². The third kappa shape index (κ3) is 2.07. The maximum absolute atomic E-state index is 13.2. The van der Waals surface area contributed by atoms with Crippen LogP contribution in [0.5, 0.6) is 0 Å².